The average Bonchev–Trinajstić information content (AvgIpc) is 3.16. The van der Waals surface area contributed by atoms with E-state index in [1.807, 2.05) is 48.5 Å². The summed E-state index contributed by atoms with van der Waals surface area (Å²) in [5.41, 5.74) is 9.67. The molecule has 0 aromatic heterocycles. The lowest BCUT2D eigenvalue weighted by atomic mass is 9.91. The monoisotopic (exact) mass is 686 g/mol. The van der Waals surface area contributed by atoms with Gasteiger partial charge in [0.25, 0.3) is 0 Å². The van der Waals surface area contributed by atoms with E-state index < -0.39 is 8.07 Å². The third-order valence-electron chi connectivity index (χ3n) is 10.1. The van der Waals surface area contributed by atoms with E-state index in [2.05, 4.69) is 145 Å². The second-order valence-corrected chi connectivity index (χ2v) is 19.8. The zero-order valence-electron chi connectivity index (χ0n) is 30.1. The van der Waals surface area contributed by atoms with Crippen molar-refractivity contribution >= 4 is 85.4 Å². The van der Waals surface area contributed by atoms with Crippen molar-refractivity contribution in [3.8, 4) is 6.07 Å². The van der Waals surface area contributed by atoms with Gasteiger partial charge < -0.3 is 9.80 Å². The fourth-order valence-electron chi connectivity index (χ4n) is 7.28. The van der Waals surface area contributed by atoms with Gasteiger partial charge in [-0.3, -0.25) is 0 Å². The maximum Gasteiger partial charge on any atom is 0.187 e. The number of hydrogen-bond donors (Lipinski definition) is 0. The molecule has 0 unspecified atom stereocenters. The lowest BCUT2D eigenvalue weighted by molar-refractivity contribution is 1.26. The minimum absolute atomic E-state index is 0.605. The number of nitriles is 1. The molecule has 0 aliphatic rings. The fourth-order valence-corrected chi connectivity index (χ4v) is 8.46. The first-order valence-corrected chi connectivity index (χ1v) is 21.1. The number of hydrogen-bond acceptors (Lipinski definition) is 3. The van der Waals surface area contributed by atoms with Crippen LogP contribution in [0.2, 0.25) is 19.6 Å². The lowest BCUT2D eigenvalue weighted by Crippen LogP contribution is -2.37. The largest absolute Gasteiger partial charge is 0.310 e. The van der Waals surface area contributed by atoms with Gasteiger partial charge in [0.2, 0.25) is 0 Å². The van der Waals surface area contributed by atoms with E-state index in [0.29, 0.717) is 11.3 Å². The number of rotatable bonds is 7. The van der Waals surface area contributed by atoms with Crippen LogP contribution >= 0.6 is 0 Å². The van der Waals surface area contributed by atoms with Crippen LogP contribution in [0.4, 0.5) is 39.8 Å². The Hall–Kier alpha value is -6.40. The van der Waals surface area contributed by atoms with Crippen LogP contribution in [0.15, 0.2) is 140 Å². The molecule has 8 aromatic rings. The Morgan fingerprint density at radius 3 is 1.37 bits per heavy atom. The summed E-state index contributed by atoms with van der Waals surface area (Å²) >= 11 is 0. The van der Waals surface area contributed by atoms with Crippen LogP contribution in [-0.4, -0.2) is 8.07 Å². The summed E-state index contributed by atoms with van der Waals surface area (Å²) in [6, 6.07) is 51.7. The van der Waals surface area contributed by atoms with Crippen molar-refractivity contribution in [3.63, 3.8) is 0 Å². The molecule has 8 rings (SSSR count). The number of benzene rings is 8. The zero-order chi connectivity index (χ0) is 36.1. The molecule has 0 saturated heterocycles. The molecule has 0 saturated carbocycles. The van der Waals surface area contributed by atoms with Crippen molar-refractivity contribution in [2.24, 2.45) is 0 Å². The first-order chi connectivity index (χ1) is 25.1. The van der Waals surface area contributed by atoms with Crippen LogP contribution in [-0.2, 0) is 0 Å². The molecule has 0 amide bonds. The van der Waals surface area contributed by atoms with E-state index >= 15 is 0 Å². The van der Waals surface area contributed by atoms with Gasteiger partial charge in [0.1, 0.15) is 0 Å². The Morgan fingerprint density at radius 2 is 0.962 bits per heavy atom. The van der Waals surface area contributed by atoms with E-state index in [1.165, 1.54) is 37.9 Å². The van der Waals surface area contributed by atoms with E-state index in [-0.39, 0.29) is 0 Å². The second kappa shape index (κ2) is 12.7. The Bertz CT molecular complexity index is 2500. The average molecular weight is 687 g/mol. The standard InChI is InChI=1S/C47H38N4Si/c1-31-7-17-37(18-8-31)50(39-21-11-33(30-48)12-22-39)44-29-45(51(38-19-9-32(2)10-20-38)40-23-15-36(49-3)16-24-40)43-26-14-35-28-41(52(4,5)6)27-34-13-25-42(44)47(43)46(34)35/h7-29H,1-2,4-6H3. The summed E-state index contributed by atoms with van der Waals surface area (Å²) in [5, 5.41) is 18.4. The van der Waals surface area contributed by atoms with Crippen LogP contribution in [0.5, 0.6) is 0 Å². The summed E-state index contributed by atoms with van der Waals surface area (Å²) in [6.45, 7) is 19.1. The molecule has 5 heteroatoms. The zero-order valence-corrected chi connectivity index (χ0v) is 31.1. The van der Waals surface area contributed by atoms with Gasteiger partial charge in [0, 0.05) is 38.9 Å². The molecule has 0 aliphatic heterocycles. The number of aryl methyl sites for hydroxylation is 2. The van der Waals surface area contributed by atoms with Crippen LogP contribution in [0.25, 0.3) is 37.2 Å². The van der Waals surface area contributed by atoms with Gasteiger partial charge >= 0.3 is 0 Å². The molecule has 0 aliphatic carbocycles. The van der Waals surface area contributed by atoms with Gasteiger partial charge in [0.05, 0.1) is 37.7 Å². The first kappa shape index (κ1) is 32.8. The van der Waals surface area contributed by atoms with Gasteiger partial charge in [-0.2, -0.15) is 5.26 Å². The normalized spacial score (nSPS) is 11.5. The highest BCUT2D eigenvalue weighted by molar-refractivity contribution is 6.89. The maximum absolute atomic E-state index is 9.68. The van der Waals surface area contributed by atoms with Crippen molar-refractivity contribution in [2.45, 2.75) is 33.5 Å². The maximum atomic E-state index is 9.68. The molecular weight excluding hydrogens is 649 g/mol. The smallest absolute Gasteiger partial charge is 0.187 e. The fraction of sp³-hybridized carbons (Fsp3) is 0.106. The van der Waals surface area contributed by atoms with Crippen LogP contribution in [0.1, 0.15) is 16.7 Å². The molecule has 8 aromatic carbocycles. The van der Waals surface area contributed by atoms with Crippen LogP contribution in [0.3, 0.4) is 0 Å². The summed E-state index contributed by atoms with van der Waals surface area (Å²) in [7, 11) is -1.60. The number of nitrogens with zero attached hydrogens (tertiary/aromatic N) is 4. The van der Waals surface area contributed by atoms with Crippen molar-refractivity contribution in [3.05, 3.63) is 168 Å². The molecule has 250 valence electrons. The molecule has 0 radical (unpaired) electrons. The van der Waals surface area contributed by atoms with Crippen molar-refractivity contribution in [2.75, 3.05) is 9.80 Å². The van der Waals surface area contributed by atoms with E-state index in [1.54, 1.807) is 0 Å². The highest BCUT2D eigenvalue weighted by Crippen LogP contribution is 2.50. The molecule has 0 N–H and O–H groups in total. The Labute approximate surface area is 306 Å². The molecule has 0 heterocycles. The topological polar surface area (TPSA) is 34.6 Å². The molecule has 4 nitrogen and oxygen atoms in total. The van der Waals surface area contributed by atoms with Gasteiger partial charge in [-0.05, 0) is 96.7 Å². The van der Waals surface area contributed by atoms with Crippen molar-refractivity contribution in [1.29, 1.82) is 5.26 Å². The summed E-state index contributed by atoms with van der Waals surface area (Å²) in [6.07, 6.45) is 0. The third kappa shape index (κ3) is 5.72. The van der Waals surface area contributed by atoms with Crippen molar-refractivity contribution < 1.29 is 0 Å². The van der Waals surface area contributed by atoms with Gasteiger partial charge in [-0.1, -0.05) is 109 Å². The summed E-state index contributed by atoms with van der Waals surface area (Å²) in [4.78, 5) is 8.33. The predicted octanol–water partition coefficient (Wildman–Crippen LogP) is 13.1. The quantitative estimate of drug-likeness (QED) is 0.0951. The molecular formula is C47H38N4Si. The highest BCUT2D eigenvalue weighted by Gasteiger charge is 2.26. The number of anilines is 6. The molecule has 0 spiro atoms. The second-order valence-electron chi connectivity index (χ2n) is 14.7. The van der Waals surface area contributed by atoms with Gasteiger partial charge in [-0.15, -0.1) is 0 Å². The van der Waals surface area contributed by atoms with Crippen LogP contribution < -0.4 is 15.0 Å². The first-order valence-electron chi connectivity index (χ1n) is 17.6. The molecule has 52 heavy (non-hydrogen) atoms. The summed E-state index contributed by atoms with van der Waals surface area (Å²) < 4.78 is 0. The SMILES string of the molecule is [C-]#[N+]c1ccc(N(c2ccc(C)cc2)c2cc(N(c3ccc(C)cc3)c3ccc(C#N)cc3)c3ccc4cc([Si](C)(C)C)cc5ccc2c3c45)cc1. The molecule has 0 atom stereocenters. The van der Waals surface area contributed by atoms with Crippen LogP contribution in [0, 0.1) is 31.8 Å². The highest BCUT2D eigenvalue weighted by atomic mass is 28.3. The van der Waals surface area contributed by atoms with E-state index in [4.69, 9.17) is 6.57 Å². The Balaban J connectivity index is 1.52. The predicted molar refractivity (Wildman–Crippen MR) is 223 cm³/mol. The minimum Gasteiger partial charge on any atom is -0.310 e. The van der Waals surface area contributed by atoms with Gasteiger partial charge in [0.15, 0.2) is 5.69 Å². The molecule has 0 bridgehead atoms. The van der Waals surface area contributed by atoms with Crippen molar-refractivity contribution in [1.82, 2.24) is 0 Å². The van der Waals surface area contributed by atoms with E-state index in [0.717, 1.165) is 44.9 Å². The van der Waals surface area contributed by atoms with E-state index in [9.17, 15) is 5.26 Å². The summed E-state index contributed by atoms with van der Waals surface area (Å²) in [5.74, 6) is 0. The third-order valence-corrected chi connectivity index (χ3v) is 12.1. The lowest BCUT2D eigenvalue weighted by Gasteiger charge is -2.32. The Kier molecular flexibility index (Phi) is 8.03. The molecule has 0 fully saturated rings. The minimum atomic E-state index is -1.60. The van der Waals surface area contributed by atoms with Gasteiger partial charge in [-0.25, -0.2) is 4.85 Å². The Morgan fingerprint density at radius 1 is 0.538 bits per heavy atom.